The van der Waals surface area contributed by atoms with Crippen molar-refractivity contribution in [2.45, 2.75) is 23.8 Å². The van der Waals surface area contributed by atoms with Gasteiger partial charge in [0, 0.05) is 23.2 Å². The zero-order chi connectivity index (χ0) is 18.9. The SMILES string of the molecule is COc1ccc([C@H]2CCCN2S(=O)(=O)c2cc(Cl)ccc2Cl)c(OC)c1. The summed E-state index contributed by atoms with van der Waals surface area (Å²) in [6, 6.07) is 9.51. The number of nitrogens with zero attached hydrogens (tertiary/aromatic N) is 1. The number of benzene rings is 2. The van der Waals surface area contributed by atoms with Crippen LogP contribution in [0.3, 0.4) is 0 Å². The van der Waals surface area contributed by atoms with Gasteiger partial charge in [-0.25, -0.2) is 8.42 Å². The van der Waals surface area contributed by atoms with Crippen molar-refractivity contribution in [2.75, 3.05) is 20.8 Å². The zero-order valence-electron chi connectivity index (χ0n) is 14.4. The smallest absolute Gasteiger partial charge is 0.245 e. The summed E-state index contributed by atoms with van der Waals surface area (Å²) in [5.41, 5.74) is 0.799. The molecule has 1 aliphatic heterocycles. The third-order valence-electron chi connectivity index (χ3n) is 4.48. The number of hydrogen-bond donors (Lipinski definition) is 0. The van der Waals surface area contributed by atoms with E-state index in [0.29, 0.717) is 29.5 Å². The van der Waals surface area contributed by atoms with Crippen molar-refractivity contribution in [2.24, 2.45) is 0 Å². The van der Waals surface area contributed by atoms with Crippen LogP contribution in [0.5, 0.6) is 11.5 Å². The maximum absolute atomic E-state index is 13.2. The van der Waals surface area contributed by atoms with Crippen LogP contribution in [0.1, 0.15) is 24.4 Å². The average molecular weight is 416 g/mol. The Bertz CT molecular complexity index is 917. The van der Waals surface area contributed by atoms with Gasteiger partial charge in [-0.15, -0.1) is 0 Å². The van der Waals surface area contributed by atoms with E-state index in [4.69, 9.17) is 32.7 Å². The highest BCUT2D eigenvalue weighted by atomic mass is 35.5. The Balaban J connectivity index is 2.04. The number of methoxy groups -OCH3 is 2. The van der Waals surface area contributed by atoms with Gasteiger partial charge in [0.2, 0.25) is 10.0 Å². The largest absolute Gasteiger partial charge is 0.497 e. The molecular weight excluding hydrogens is 397 g/mol. The highest BCUT2D eigenvalue weighted by Gasteiger charge is 2.38. The van der Waals surface area contributed by atoms with Gasteiger partial charge in [-0.05, 0) is 37.1 Å². The Kier molecular flexibility index (Phi) is 5.67. The first-order valence-corrected chi connectivity index (χ1v) is 10.3. The van der Waals surface area contributed by atoms with Crippen molar-refractivity contribution in [1.82, 2.24) is 4.31 Å². The Morgan fingerprint density at radius 3 is 2.54 bits per heavy atom. The fourth-order valence-electron chi connectivity index (χ4n) is 3.23. The van der Waals surface area contributed by atoms with E-state index in [1.165, 1.54) is 16.4 Å². The van der Waals surface area contributed by atoms with Crippen LogP contribution < -0.4 is 9.47 Å². The standard InChI is InChI=1S/C18H19Cl2NO4S/c1-24-13-6-7-14(17(11-13)25-2)16-4-3-9-21(16)26(22,23)18-10-12(19)5-8-15(18)20/h5-8,10-11,16H,3-4,9H2,1-2H3/t16-/m1/s1. The van der Waals surface area contributed by atoms with E-state index in [1.54, 1.807) is 32.4 Å². The molecule has 0 spiro atoms. The van der Waals surface area contributed by atoms with E-state index in [9.17, 15) is 8.42 Å². The van der Waals surface area contributed by atoms with E-state index in [0.717, 1.165) is 12.0 Å². The van der Waals surface area contributed by atoms with Crippen LogP contribution in [-0.4, -0.2) is 33.5 Å². The topological polar surface area (TPSA) is 55.8 Å². The van der Waals surface area contributed by atoms with Gasteiger partial charge in [0.25, 0.3) is 0 Å². The minimum Gasteiger partial charge on any atom is -0.497 e. The van der Waals surface area contributed by atoms with Crippen LogP contribution >= 0.6 is 23.2 Å². The highest BCUT2D eigenvalue weighted by Crippen LogP contribution is 2.42. The molecule has 1 heterocycles. The first-order chi connectivity index (χ1) is 12.4. The van der Waals surface area contributed by atoms with Crippen molar-refractivity contribution in [3.8, 4) is 11.5 Å². The molecule has 1 atom stereocenters. The van der Waals surface area contributed by atoms with Crippen LogP contribution in [-0.2, 0) is 10.0 Å². The summed E-state index contributed by atoms with van der Waals surface area (Å²) in [5.74, 6) is 1.24. The molecule has 0 N–H and O–H groups in total. The molecule has 26 heavy (non-hydrogen) atoms. The van der Waals surface area contributed by atoms with Crippen molar-refractivity contribution >= 4 is 33.2 Å². The number of rotatable bonds is 5. The molecular formula is C18H19Cl2NO4S. The lowest BCUT2D eigenvalue weighted by atomic mass is 10.0. The second-order valence-electron chi connectivity index (χ2n) is 5.96. The Morgan fingerprint density at radius 2 is 1.85 bits per heavy atom. The summed E-state index contributed by atoms with van der Waals surface area (Å²) in [5, 5.41) is 0.479. The second-order valence-corrected chi connectivity index (χ2v) is 8.66. The minimum atomic E-state index is -3.80. The molecule has 140 valence electrons. The van der Waals surface area contributed by atoms with Gasteiger partial charge in [0.1, 0.15) is 16.4 Å². The molecule has 5 nitrogen and oxygen atoms in total. The van der Waals surface area contributed by atoms with Crippen LogP contribution in [0.15, 0.2) is 41.3 Å². The molecule has 8 heteroatoms. The highest BCUT2D eigenvalue weighted by molar-refractivity contribution is 7.89. The van der Waals surface area contributed by atoms with E-state index in [2.05, 4.69) is 0 Å². The molecule has 0 amide bonds. The number of halogens is 2. The molecule has 0 aliphatic carbocycles. The maximum Gasteiger partial charge on any atom is 0.245 e. The Labute approximate surface area is 163 Å². The van der Waals surface area contributed by atoms with Crippen molar-refractivity contribution < 1.29 is 17.9 Å². The predicted molar refractivity (Wildman–Crippen MR) is 102 cm³/mol. The summed E-state index contributed by atoms with van der Waals surface area (Å²) >= 11 is 12.1. The van der Waals surface area contributed by atoms with Crippen LogP contribution in [0, 0.1) is 0 Å². The molecule has 0 saturated carbocycles. The molecule has 2 aromatic rings. The Hall–Kier alpha value is -1.47. The summed E-state index contributed by atoms with van der Waals surface area (Å²) in [7, 11) is -0.673. The lowest BCUT2D eigenvalue weighted by Crippen LogP contribution is -2.31. The van der Waals surface area contributed by atoms with E-state index in [1.807, 2.05) is 6.07 Å². The summed E-state index contributed by atoms with van der Waals surface area (Å²) < 4.78 is 38.6. The molecule has 0 aromatic heterocycles. The van der Waals surface area contributed by atoms with Gasteiger partial charge in [0.05, 0.1) is 25.3 Å². The van der Waals surface area contributed by atoms with Crippen molar-refractivity contribution in [3.05, 3.63) is 52.0 Å². The summed E-state index contributed by atoms with van der Waals surface area (Å²) in [6.07, 6.45) is 1.44. The van der Waals surface area contributed by atoms with Gasteiger partial charge >= 0.3 is 0 Å². The van der Waals surface area contributed by atoms with Gasteiger partial charge in [-0.2, -0.15) is 4.31 Å². The summed E-state index contributed by atoms with van der Waals surface area (Å²) in [6.45, 7) is 0.408. The maximum atomic E-state index is 13.2. The van der Waals surface area contributed by atoms with Crippen LogP contribution in [0.25, 0.3) is 0 Å². The molecule has 0 radical (unpaired) electrons. The molecule has 2 aromatic carbocycles. The molecule has 0 bridgehead atoms. The molecule has 1 saturated heterocycles. The summed E-state index contributed by atoms with van der Waals surface area (Å²) in [4.78, 5) is 0.0195. The van der Waals surface area contributed by atoms with E-state index < -0.39 is 10.0 Å². The van der Waals surface area contributed by atoms with Crippen LogP contribution in [0.4, 0.5) is 0 Å². The van der Waals surface area contributed by atoms with E-state index >= 15 is 0 Å². The van der Waals surface area contributed by atoms with E-state index in [-0.39, 0.29) is 16.0 Å². The fourth-order valence-corrected chi connectivity index (χ4v) is 5.65. The number of hydrogen-bond acceptors (Lipinski definition) is 4. The second kappa shape index (κ2) is 7.64. The van der Waals surface area contributed by atoms with Crippen LogP contribution in [0.2, 0.25) is 10.0 Å². The third kappa shape index (κ3) is 3.51. The van der Waals surface area contributed by atoms with Gasteiger partial charge in [-0.1, -0.05) is 29.3 Å². The number of sulfonamides is 1. The average Bonchev–Trinajstić information content (AvgIpc) is 3.13. The molecule has 0 unspecified atom stereocenters. The normalized spacial score (nSPS) is 18.1. The van der Waals surface area contributed by atoms with Crippen molar-refractivity contribution in [3.63, 3.8) is 0 Å². The number of ether oxygens (including phenoxy) is 2. The van der Waals surface area contributed by atoms with Gasteiger partial charge < -0.3 is 9.47 Å². The molecule has 3 rings (SSSR count). The lowest BCUT2D eigenvalue weighted by Gasteiger charge is -2.26. The van der Waals surface area contributed by atoms with Crippen molar-refractivity contribution in [1.29, 1.82) is 0 Å². The molecule has 1 aliphatic rings. The third-order valence-corrected chi connectivity index (χ3v) is 7.11. The predicted octanol–water partition coefficient (Wildman–Crippen LogP) is 4.54. The lowest BCUT2D eigenvalue weighted by molar-refractivity contribution is 0.361. The minimum absolute atomic E-state index is 0.0195. The first-order valence-electron chi connectivity index (χ1n) is 8.07. The fraction of sp³-hybridized carbons (Fsp3) is 0.333. The quantitative estimate of drug-likeness (QED) is 0.719. The first kappa shape index (κ1) is 19.3. The van der Waals surface area contributed by atoms with Gasteiger partial charge in [0.15, 0.2) is 0 Å². The monoisotopic (exact) mass is 415 g/mol. The Morgan fingerprint density at radius 1 is 1.08 bits per heavy atom. The molecule has 1 fully saturated rings. The zero-order valence-corrected chi connectivity index (χ0v) is 16.7. The van der Waals surface area contributed by atoms with Gasteiger partial charge in [-0.3, -0.25) is 0 Å².